The van der Waals surface area contributed by atoms with Gasteiger partial charge in [0, 0.05) is 35.9 Å². The summed E-state index contributed by atoms with van der Waals surface area (Å²) in [5.74, 6) is -2.15. The van der Waals surface area contributed by atoms with E-state index >= 15 is 0 Å². The summed E-state index contributed by atoms with van der Waals surface area (Å²) >= 11 is 0. The molecule has 12 aromatic rings. The first kappa shape index (κ1) is 65.4. The normalized spacial score (nSPS) is 14.6. The predicted molar refractivity (Wildman–Crippen MR) is 357 cm³/mol. The average molecular weight is 1330 g/mol. The standard InChI is InChI=1S/C26H23F2N3O2.C25H21F2N3O3.C25H21F2N3O2/c27-19-11-9-18(10-12-19)24-25(31(16-29-24)15-17-5-1-2-6-17)22-13-14-23(33-22)26(32)30-21-8-4-3-7-20(21)28;26-17-9-7-16(8-10-17)23-24(30(15-28-23)14-18-4-3-13-32-18)21-11-12-22(33-21)25(31)29-20-6-2-1-5-19(20)27;26-17-11-9-16(10-12-17)23-24(30(15-28-23)18-5-1-2-6-18)21-13-14-22(32-21)25(31)29-20-8-4-3-7-19(20)27/h3-4,7-14,16-17H,1-2,5-6,15H2,(H,30,32);1-2,5-12,15,18H,3-4,13-14H2,(H,29,31);3-4,7-15,18H,1-2,5-6H2,(H,29,31). The molecule has 0 bridgehead atoms. The van der Waals surface area contributed by atoms with Crippen LogP contribution in [0.15, 0.2) is 214 Å². The third-order valence-electron chi connectivity index (χ3n) is 17.4. The van der Waals surface area contributed by atoms with Crippen molar-refractivity contribution in [1.29, 1.82) is 0 Å². The third kappa shape index (κ3) is 15.0. The molecule has 3 N–H and O–H groups in total. The van der Waals surface area contributed by atoms with Crippen molar-refractivity contribution in [3.63, 3.8) is 0 Å². The number of benzene rings is 6. The molecule has 1 saturated heterocycles. The molecule has 498 valence electrons. The first-order valence-corrected chi connectivity index (χ1v) is 32.3. The van der Waals surface area contributed by atoms with E-state index in [1.54, 1.807) is 122 Å². The number of nitrogens with zero attached hydrogens (tertiary/aromatic N) is 6. The van der Waals surface area contributed by atoms with Crippen LogP contribution in [0, 0.1) is 40.8 Å². The molecule has 3 fully saturated rings. The first-order valence-electron chi connectivity index (χ1n) is 32.3. The molecule has 2 saturated carbocycles. The van der Waals surface area contributed by atoms with E-state index in [-0.39, 0.29) is 63.9 Å². The van der Waals surface area contributed by atoms with Gasteiger partial charge in [0.05, 0.1) is 65.8 Å². The number of ether oxygens (including phenoxy) is 1. The Kier molecular flexibility index (Phi) is 19.9. The molecule has 6 aromatic heterocycles. The number of furan rings is 3. The van der Waals surface area contributed by atoms with Crippen molar-refractivity contribution in [2.24, 2.45) is 5.92 Å². The zero-order valence-corrected chi connectivity index (χ0v) is 52.8. The van der Waals surface area contributed by atoms with Gasteiger partial charge in [-0.2, -0.15) is 0 Å². The number of nitrogens with one attached hydrogen (secondary N) is 3. The number of imidazole rings is 3. The topological polar surface area (TPSA) is 189 Å². The number of amides is 3. The summed E-state index contributed by atoms with van der Waals surface area (Å²) in [5.41, 5.74) is 6.50. The smallest absolute Gasteiger partial charge is 0.291 e. The fraction of sp³-hybridized carbons (Fsp3) is 0.211. The van der Waals surface area contributed by atoms with Crippen LogP contribution < -0.4 is 16.0 Å². The van der Waals surface area contributed by atoms with Crippen LogP contribution in [0.5, 0.6) is 0 Å². The van der Waals surface area contributed by atoms with Gasteiger partial charge in [0.2, 0.25) is 0 Å². The first-order chi connectivity index (χ1) is 47.8. The van der Waals surface area contributed by atoms with Crippen LogP contribution in [0.2, 0.25) is 0 Å². The minimum atomic E-state index is -0.570. The lowest BCUT2D eigenvalue weighted by atomic mass is 10.1. The van der Waals surface area contributed by atoms with E-state index in [0.29, 0.717) is 58.1 Å². The van der Waals surface area contributed by atoms with E-state index in [9.17, 15) is 40.7 Å². The van der Waals surface area contributed by atoms with Crippen molar-refractivity contribution < 1.29 is 58.7 Å². The van der Waals surface area contributed by atoms with Crippen LogP contribution in [-0.4, -0.2) is 59.1 Å². The van der Waals surface area contributed by atoms with E-state index in [2.05, 4.69) is 35.5 Å². The molecule has 1 atom stereocenters. The van der Waals surface area contributed by atoms with Gasteiger partial charge >= 0.3 is 0 Å². The molecule has 22 heteroatoms. The Morgan fingerprint density at radius 3 is 1.16 bits per heavy atom. The highest BCUT2D eigenvalue weighted by atomic mass is 19.1. The van der Waals surface area contributed by atoms with Crippen molar-refractivity contribution in [2.45, 2.75) is 89.4 Å². The number of hydrogen-bond donors (Lipinski definition) is 3. The molecule has 3 aliphatic rings. The Morgan fingerprint density at radius 1 is 0.398 bits per heavy atom. The number of para-hydroxylation sites is 3. The van der Waals surface area contributed by atoms with Crippen LogP contribution in [0.1, 0.15) is 102 Å². The van der Waals surface area contributed by atoms with Gasteiger partial charge in [0.1, 0.15) is 52.0 Å². The second kappa shape index (κ2) is 29.8. The number of hydrogen-bond acceptors (Lipinski definition) is 10. The number of anilines is 3. The maximum absolute atomic E-state index is 13.9. The second-order valence-electron chi connectivity index (χ2n) is 24.1. The molecule has 3 amide bonds. The molecule has 0 radical (unpaired) electrons. The Labute approximate surface area is 559 Å². The molecule has 1 unspecified atom stereocenters. The Morgan fingerprint density at radius 2 is 0.765 bits per heavy atom. The summed E-state index contributed by atoms with van der Waals surface area (Å²) in [6, 6.07) is 46.2. The fourth-order valence-electron chi connectivity index (χ4n) is 12.6. The van der Waals surface area contributed by atoms with Gasteiger partial charge in [0.15, 0.2) is 34.6 Å². The van der Waals surface area contributed by atoms with Crippen LogP contribution in [0.3, 0.4) is 0 Å². The van der Waals surface area contributed by atoms with E-state index in [1.165, 1.54) is 91.7 Å². The van der Waals surface area contributed by atoms with Gasteiger partial charge in [-0.15, -0.1) is 0 Å². The minimum absolute atomic E-state index is 0.0307. The van der Waals surface area contributed by atoms with Crippen LogP contribution in [0.25, 0.3) is 68.1 Å². The van der Waals surface area contributed by atoms with Gasteiger partial charge < -0.3 is 47.6 Å². The summed E-state index contributed by atoms with van der Waals surface area (Å²) < 4.78 is 112. The van der Waals surface area contributed by atoms with E-state index < -0.39 is 35.2 Å². The molecule has 15 rings (SSSR count). The van der Waals surface area contributed by atoms with Crippen molar-refractivity contribution in [3.05, 3.63) is 253 Å². The fourth-order valence-corrected chi connectivity index (χ4v) is 12.6. The van der Waals surface area contributed by atoms with Gasteiger partial charge in [-0.25, -0.2) is 41.3 Å². The highest BCUT2D eigenvalue weighted by molar-refractivity contribution is 6.04. The van der Waals surface area contributed by atoms with Crippen LogP contribution in [0.4, 0.5) is 43.4 Å². The van der Waals surface area contributed by atoms with Crippen molar-refractivity contribution in [1.82, 2.24) is 28.7 Å². The summed E-state index contributed by atoms with van der Waals surface area (Å²) in [4.78, 5) is 51.7. The summed E-state index contributed by atoms with van der Waals surface area (Å²) in [6.07, 6.45) is 16.4. The Balaban J connectivity index is 0.000000132. The lowest BCUT2D eigenvalue weighted by Crippen LogP contribution is -2.15. The SMILES string of the molecule is O=C(Nc1ccccc1F)c1ccc(-c2c(-c3ccc(F)cc3)ncn2C2CCCC2)o1.O=C(Nc1ccccc1F)c1ccc(-c2c(-c3ccc(F)cc3)ncn2CC2CCCC2)o1.O=C(Nc1ccccc1F)c1ccc(-c2c(-c3ccc(F)cc3)ncn2CC2CCCO2)o1. The summed E-state index contributed by atoms with van der Waals surface area (Å²) in [7, 11) is 0. The molecular weight excluding hydrogens is 1260 g/mol. The second-order valence-corrected chi connectivity index (χ2v) is 24.1. The van der Waals surface area contributed by atoms with Gasteiger partial charge in [-0.1, -0.05) is 62.1 Å². The van der Waals surface area contributed by atoms with Crippen LogP contribution >= 0.6 is 0 Å². The van der Waals surface area contributed by atoms with Crippen molar-refractivity contribution in [3.8, 4) is 68.1 Å². The zero-order chi connectivity index (χ0) is 67.7. The predicted octanol–water partition coefficient (Wildman–Crippen LogP) is 18.5. The summed E-state index contributed by atoms with van der Waals surface area (Å²) in [6.45, 7) is 2.09. The highest BCUT2D eigenvalue weighted by Gasteiger charge is 2.29. The molecule has 2 aliphatic carbocycles. The van der Waals surface area contributed by atoms with Crippen molar-refractivity contribution >= 4 is 34.8 Å². The van der Waals surface area contributed by atoms with E-state index in [1.807, 2.05) is 9.13 Å². The number of halogens is 6. The van der Waals surface area contributed by atoms with Gasteiger partial charge in [-0.3, -0.25) is 14.4 Å². The lowest BCUT2D eigenvalue weighted by Gasteiger charge is -2.15. The molecule has 0 spiro atoms. The van der Waals surface area contributed by atoms with E-state index in [4.69, 9.17) is 18.0 Å². The van der Waals surface area contributed by atoms with E-state index in [0.717, 1.165) is 87.0 Å². The molecule has 6 aromatic carbocycles. The monoisotopic (exact) mass is 1330 g/mol. The largest absolute Gasteiger partial charge is 0.449 e. The number of carbonyl (C=O) groups is 3. The number of carbonyl (C=O) groups excluding carboxylic acids is 3. The Bertz CT molecular complexity index is 4550. The zero-order valence-electron chi connectivity index (χ0n) is 52.8. The molecule has 16 nitrogen and oxygen atoms in total. The van der Waals surface area contributed by atoms with Gasteiger partial charge in [-0.05, 0) is 190 Å². The van der Waals surface area contributed by atoms with Crippen LogP contribution in [-0.2, 0) is 17.8 Å². The summed E-state index contributed by atoms with van der Waals surface area (Å²) in [5, 5.41) is 7.59. The van der Waals surface area contributed by atoms with Crippen molar-refractivity contribution in [2.75, 3.05) is 22.6 Å². The number of rotatable bonds is 17. The molecule has 98 heavy (non-hydrogen) atoms. The quantitative estimate of drug-likeness (QED) is 0.0740. The lowest BCUT2D eigenvalue weighted by molar-refractivity contribution is 0.0970. The van der Waals surface area contributed by atoms with Gasteiger partial charge in [0.25, 0.3) is 17.7 Å². The third-order valence-corrected chi connectivity index (χ3v) is 17.4. The Hall–Kier alpha value is -11.3. The average Bonchev–Trinajstić information content (AvgIpc) is 1.64. The maximum atomic E-state index is 13.9. The highest BCUT2D eigenvalue weighted by Crippen LogP contribution is 2.41. The molecular formula is C76H65F6N9O7. The molecule has 7 heterocycles. The minimum Gasteiger partial charge on any atom is -0.449 e. The number of aromatic nitrogens is 6. The maximum Gasteiger partial charge on any atom is 0.291 e. The molecule has 1 aliphatic heterocycles.